The second-order valence-electron chi connectivity index (χ2n) is 5.74. The van der Waals surface area contributed by atoms with Crippen molar-refractivity contribution in [2.45, 2.75) is 13.0 Å². The van der Waals surface area contributed by atoms with Gasteiger partial charge in [0.05, 0.1) is 19.2 Å². The van der Waals surface area contributed by atoms with Crippen molar-refractivity contribution in [2.75, 3.05) is 19.9 Å². The average molecular weight is 329 g/mol. The molecule has 1 amide bonds. The molecule has 7 heteroatoms. The summed E-state index contributed by atoms with van der Waals surface area (Å²) in [5.74, 6) is 2.10. The van der Waals surface area contributed by atoms with Crippen molar-refractivity contribution in [3.8, 4) is 17.2 Å². The summed E-state index contributed by atoms with van der Waals surface area (Å²) in [6, 6.07) is 8.09. The number of amides is 1. The Morgan fingerprint density at radius 2 is 1.96 bits per heavy atom. The third kappa shape index (κ3) is 2.68. The third-order valence-electron chi connectivity index (χ3n) is 3.92. The van der Waals surface area contributed by atoms with Gasteiger partial charge in [-0.05, 0) is 25.1 Å². The number of hydrogen-bond acceptors (Lipinski definition) is 6. The van der Waals surface area contributed by atoms with Crippen LogP contribution in [0, 0.1) is 6.92 Å². The Hall–Kier alpha value is -2.96. The molecule has 0 bridgehead atoms. The van der Waals surface area contributed by atoms with E-state index in [1.54, 1.807) is 36.1 Å². The number of carbonyl (C=O) groups is 1. The van der Waals surface area contributed by atoms with Gasteiger partial charge in [-0.1, -0.05) is 0 Å². The van der Waals surface area contributed by atoms with E-state index in [2.05, 4.69) is 0 Å². The van der Waals surface area contributed by atoms with Crippen LogP contribution in [0.2, 0.25) is 0 Å². The van der Waals surface area contributed by atoms with E-state index in [4.69, 9.17) is 18.6 Å². The molecule has 2 aliphatic rings. The third-order valence-corrected chi connectivity index (χ3v) is 3.92. The second kappa shape index (κ2) is 5.59. The minimum atomic E-state index is -0.447. The summed E-state index contributed by atoms with van der Waals surface area (Å²) in [6.45, 7) is 2.79. The van der Waals surface area contributed by atoms with Crippen molar-refractivity contribution in [1.29, 1.82) is 0 Å². The summed E-state index contributed by atoms with van der Waals surface area (Å²) in [6.07, 6.45) is -0.135. The van der Waals surface area contributed by atoms with Gasteiger partial charge in [-0.3, -0.25) is 4.79 Å². The van der Waals surface area contributed by atoms with Gasteiger partial charge in [0.1, 0.15) is 17.6 Å². The molecule has 0 unspecified atom stereocenters. The molecule has 0 radical (unpaired) electrons. The predicted molar refractivity (Wildman–Crippen MR) is 82.6 cm³/mol. The Labute approximate surface area is 137 Å². The van der Waals surface area contributed by atoms with Crippen molar-refractivity contribution in [3.63, 3.8) is 0 Å². The van der Waals surface area contributed by atoms with Crippen LogP contribution in [0.3, 0.4) is 0 Å². The highest BCUT2D eigenvalue weighted by molar-refractivity contribution is 5.95. The second-order valence-corrected chi connectivity index (χ2v) is 5.74. The molecule has 0 aliphatic carbocycles. The molecule has 124 valence electrons. The molecule has 1 aromatic heterocycles. The Balaban J connectivity index is 1.38. The number of ether oxygens (including phenoxy) is 3. The highest BCUT2D eigenvalue weighted by Gasteiger charge is 2.33. The molecular formula is C17H15NO6. The quantitative estimate of drug-likeness (QED) is 0.851. The number of benzene rings is 1. The van der Waals surface area contributed by atoms with Crippen molar-refractivity contribution in [3.05, 3.63) is 52.1 Å². The number of fused-ring (bicyclic) bond motifs is 1. The van der Waals surface area contributed by atoms with E-state index in [1.807, 2.05) is 0 Å². The topological polar surface area (TPSA) is 78.2 Å². The van der Waals surface area contributed by atoms with E-state index in [0.29, 0.717) is 41.7 Å². The summed E-state index contributed by atoms with van der Waals surface area (Å²) in [4.78, 5) is 25.4. The number of aryl methyl sites for hydroxylation is 1. The molecule has 2 aromatic rings. The van der Waals surface area contributed by atoms with E-state index < -0.39 is 5.63 Å². The van der Waals surface area contributed by atoms with Gasteiger partial charge in [0.15, 0.2) is 11.5 Å². The lowest BCUT2D eigenvalue weighted by Gasteiger charge is -2.39. The first-order valence-electron chi connectivity index (χ1n) is 7.56. The molecule has 0 spiro atoms. The van der Waals surface area contributed by atoms with Crippen LogP contribution in [-0.4, -0.2) is 36.8 Å². The standard InChI is InChI=1S/C17H15NO6/c1-10-4-12(6-16(19)23-10)24-13-7-18(8-13)17(20)11-2-3-14-15(5-11)22-9-21-14/h2-6,13H,7-9H2,1H3. The molecule has 2 aliphatic heterocycles. The van der Waals surface area contributed by atoms with Crippen molar-refractivity contribution >= 4 is 5.91 Å². The van der Waals surface area contributed by atoms with E-state index in [-0.39, 0.29) is 18.8 Å². The first-order valence-corrected chi connectivity index (χ1v) is 7.56. The Bertz CT molecular complexity index is 852. The zero-order chi connectivity index (χ0) is 16.7. The van der Waals surface area contributed by atoms with E-state index in [9.17, 15) is 9.59 Å². The molecule has 0 saturated carbocycles. The Morgan fingerprint density at radius 1 is 1.17 bits per heavy atom. The zero-order valence-corrected chi connectivity index (χ0v) is 13.0. The SMILES string of the molecule is Cc1cc(OC2CN(C(=O)c3ccc4c(c3)OCO4)C2)cc(=O)o1. The molecule has 1 fully saturated rings. The van der Waals surface area contributed by atoms with E-state index >= 15 is 0 Å². The van der Waals surface area contributed by atoms with Gasteiger partial charge in [0.25, 0.3) is 5.91 Å². The van der Waals surface area contributed by atoms with Crippen molar-refractivity contribution in [2.24, 2.45) is 0 Å². The number of nitrogens with zero attached hydrogens (tertiary/aromatic N) is 1. The molecule has 7 nitrogen and oxygen atoms in total. The minimum absolute atomic E-state index is 0.0862. The van der Waals surface area contributed by atoms with Crippen LogP contribution < -0.4 is 19.8 Å². The summed E-state index contributed by atoms with van der Waals surface area (Å²) < 4.78 is 21.1. The monoisotopic (exact) mass is 329 g/mol. The van der Waals surface area contributed by atoms with Gasteiger partial charge in [-0.25, -0.2) is 4.79 Å². The highest BCUT2D eigenvalue weighted by atomic mass is 16.7. The molecular weight excluding hydrogens is 314 g/mol. The zero-order valence-electron chi connectivity index (χ0n) is 13.0. The smallest absolute Gasteiger partial charge is 0.339 e. The Kier molecular flexibility index (Phi) is 3.41. The fraction of sp³-hybridized carbons (Fsp3) is 0.294. The molecule has 0 atom stereocenters. The molecule has 1 aromatic carbocycles. The summed E-state index contributed by atoms with van der Waals surface area (Å²) in [5.41, 5.74) is 0.103. The number of rotatable bonds is 3. The van der Waals surface area contributed by atoms with E-state index in [1.165, 1.54) is 6.07 Å². The normalized spacial score (nSPS) is 16.0. The van der Waals surface area contributed by atoms with Gasteiger partial charge in [0.2, 0.25) is 6.79 Å². The first-order chi connectivity index (χ1) is 11.6. The van der Waals surface area contributed by atoms with Crippen LogP contribution in [0.4, 0.5) is 0 Å². The average Bonchev–Trinajstić information content (AvgIpc) is 2.96. The fourth-order valence-corrected chi connectivity index (χ4v) is 2.73. The fourth-order valence-electron chi connectivity index (χ4n) is 2.73. The molecule has 4 rings (SSSR count). The molecule has 24 heavy (non-hydrogen) atoms. The predicted octanol–water partition coefficient (Wildman–Crippen LogP) is 1.58. The van der Waals surface area contributed by atoms with Gasteiger partial charge >= 0.3 is 5.63 Å². The largest absolute Gasteiger partial charge is 0.486 e. The number of likely N-dealkylation sites (tertiary alicyclic amines) is 1. The maximum atomic E-state index is 12.4. The number of carbonyl (C=O) groups excluding carboxylic acids is 1. The van der Waals surface area contributed by atoms with Gasteiger partial charge < -0.3 is 23.5 Å². The van der Waals surface area contributed by atoms with Gasteiger partial charge in [0, 0.05) is 11.6 Å². The molecule has 0 N–H and O–H groups in total. The van der Waals surface area contributed by atoms with E-state index in [0.717, 1.165) is 0 Å². The van der Waals surface area contributed by atoms with Crippen LogP contribution in [0.5, 0.6) is 17.2 Å². The van der Waals surface area contributed by atoms with Crippen LogP contribution in [0.15, 0.2) is 39.5 Å². The minimum Gasteiger partial charge on any atom is -0.486 e. The van der Waals surface area contributed by atoms with Crippen LogP contribution in [0.25, 0.3) is 0 Å². The maximum absolute atomic E-state index is 12.4. The molecule has 1 saturated heterocycles. The maximum Gasteiger partial charge on any atom is 0.339 e. The highest BCUT2D eigenvalue weighted by Crippen LogP contribution is 2.33. The lowest BCUT2D eigenvalue weighted by Crippen LogP contribution is -2.56. The van der Waals surface area contributed by atoms with Gasteiger partial charge in [-0.2, -0.15) is 0 Å². The first kappa shape index (κ1) is 14.6. The summed E-state index contributed by atoms with van der Waals surface area (Å²) in [7, 11) is 0. The summed E-state index contributed by atoms with van der Waals surface area (Å²) in [5, 5.41) is 0. The van der Waals surface area contributed by atoms with Gasteiger partial charge in [-0.15, -0.1) is 0 Å². The lowest BCUT2D eigenvalue weighted by molar-refractivity contribution is 0.0174. The molecule has 3 heterocycles. The van der Waals surface area contributed by atoms with Crippen LogP contribution in [-0.2, 0) is 0 Å². The lowest BCUT2D eigenvalue weighted by atomic mass is 10.1. The Morgan fingerprint density at radius 3 is 2.75 bits per heavy atom. The van der Waals surface area contributed by atoms with Crippen LogP contribution >= 0.6 is 0 Å². The van der Waals surface area contributed by atoms with Crippen molar-refractivity contribution in [1.82, 2.24) is 4.90 Å². The number of hydrogen-bond donors (Lipinski definition) is 0. The summed E-state index contributed by atoms with van der Waals surface area (Å²) >= 11 is 0. The van der Waals surface area contributed by atoms with Crippen LogP contribution in [0.1, 0.15) is 16.1 Å². The van der Waals surface area contributed by atoms with Crippen molar-refractivity contribution < 1.29 is 23.4 Å².